The van der Waals surface area contributed by atoms with E-state index in [-0.39, 0.29) is 31.4 Å². The normalized spacial score (nSPS) is 11.5. The van der Waals surface area contributed by atoms with Gasteiger partial charge in [0.15, 0.2) is 0 Å². The fraction of sp³-hybridized carbons (Fsp3) is 0.292. The molecule has 0 fully saturated rings. The van der Waals surface area contributed by atoms with Crippen LogP contribution in [0.2, 0.25) is 5.02 Å². The number of nitrogens with zero attached hydrogens (tertiary/aromatic N) is 2. The Labute approximate surface area is 212 Å². The minimum atomic E-state index is -1.16. The van der Waals surface area contributed by atoms with Crippen LogP contribution >= 0.6 is 11.6 Å². The van der Waals surface area contributed by atoms with Crippen LogP contribution in [0.1, 0.15) is 36.2 Å². The van der Waals surface area contributed by atoms with Crippen molar-refractivity contribution in [1.82, 2.24) is 15.3 Å². The highest BCUT2D eigenvalue weighted by atomic mass is 35.5. The van der Waals surface area contributed by atoms with Crippen molar-refractivity contribution in [1.29, 1.82) is 0 Å². The summed E-state index contributed by atoms with van der Waals surface area (Å²) >= 11 is 6.52. The second-order valence-corrected chi connectivity index (χ2v) is 8.00. The molecule has 0 spiro atoms. The number of nitrogen functional groups attached to an aromatic ring is 2. The number of aromatic nitrogens is 2. The van der Waals surface area contributed by atoms with E-state index in [2.05, 4.69) is 20.6 Å². The number of carbonyl (C=O) groups is 3. The summed E-state index contributed by atoms with van der Waals surface area (Å²) in [6.45, 7) is 3.94. The molecule has 1 atom stereocenters. The third kappa shape index (κ3) is 6.51. The number of benzene rings is 2. The number of rotatable bonds is 10. The summed E-state index contributed by atoms with van der Waals surface area (Å²) in [4.78, 5) is 44.8. The van der Waals surface area contributed by atoms with E-state index in [1.807, 2.05) is 6.07 Å². The first-order valence-electron chi connectivity index (χ1n) is 11.2. The number of amides is 1. The Bertz CT molecular complexity index is 1270. The van der Waals surface area contributed by atoms with E-state index in [9.17, 15) is 14.4 Å². The molecule has 0 aliphatic rings. The zero-order valence-corrected chi connectivity index (χ0v) is 20.6. The van der Waals surface area contributed by atoms with E-state index in [4.69, 9.17) is 32.5 Å². The van der Waals surface area contributed by atoms with Crippen molar-refractivity contribution in [3.8, 4) is 0 Å². The van der Waals surface area contributed by atoms with Gasteiger partial charge in [-0.2, -0.15) is 4.98 Å². The lowest BCUT2D eigenvalue weighted by molar-refractivity contribution is -0.152. The zero-order chi connectivity index (χ0) is 26.2. The average molecular weight is 515 g/mol. The van der Waals surface area contributed by atoms with Gasteiger partial charge in [-0.3, -0.25) is 9.59 Å². The van der Waals surface area contributed by atoms with Crippen LogP contribution in [0.3, 0.4) is 0 Å². The first kappa shape index (κ1) is 26.5. The summed E-state index contributed by atoms with van der Waals surface area (Å²) in [7, 11) is 0. The lowest BCUT2D eigenvalue weighted by atomic mass is 10.1. The largest absolute Gasteiger partial charge is 0.466 e. The molecule has 3 rings (SSSR count). The van der Waals surface area contributed by atoms with Gasteiger partial charge in [0.1, 0.15) is 11.9 Å². The zero-order valence-electron chi connectivity index (χ0n) is 19.8. The Hall–Kier alpha value is -4.12. The van der Waals surface area contributed by atoms with Gasteiger partial charge in [-0.05, 0) is 49.7 Å². The van der Waals surface area contributed by atoms with E-state index in [1.165, 1.54) is 0 Å². The summed E-state index contributed by atoms with van der Waals surface area (Å²) in [5.41, 5.74) is 13.9. The van der Waals surface area contributed by atoms with Gasteiger partial charge in [-0.25, -0.2) is 9.78 Å². The fourth-order valence-corrected chi connectivity index (χ4v) is 3.73. The third-order valence-electron chi connectivity index (χ3n) is 5.11. The van der Waals surface area contributed by atoms with Crippen LogP contribution in [-0.4, -0.2) is 47.1 Å². The van der Waals surface area contributed by atoms with Crippen molar-refractivity contribution >= 4 is 57.8 Å². The first-order valence-corrected chi connectivity index (χ1v) is 11.6. The number of halogens is 1. The minimum Gasteiger partial charge on any atom is -0.466 e. The average Bonchev–Trinajstić information content (AvgIpc) is 2.83. The molecule has 0 saturated carbocycles. The van der Waals surface area contributed by atoms with Crippen molar-refractivity contribution in [3.63, 3.8) is 0 Å². The van der Waals surface area contributed by atoms with Crippen molar-refractivity contribution in [2.75, 3.05) is 30.0 Å². The highest BCUT2D eigenvalue weighted by molar-refractivity contribution is 6.37. The number of nitrogens with one attached hydrogen (secondary N) is 2. The molecule has 190 valence electrons. The number of nitrogens with two attached hydrogens (primary N) is 2. The van der Waals surface area contributed by atoms with Gasteiger partial charge < -0.3 is 31.6 Å². The van der Waals surface area contributed by atoms with E-state index >= 15 is 0 Å². The standard InChI is InChI=1S/C24H27ClN6O5/c1-3-35-18(32)11-17(23(34)36-4-2)29-22(33)13-5-8-15(9-6-13)28-12-14-7-10-16-19(20(14)25)21(26)31-24(27)30-16/h5-10,17,28H,3-4,11-12H2,1-2H3,(H,29,33)(H4,26,27,30,31). The maximum Gasteiger partial charge on any atom is 0.329 e. The van der Waals surface area contributed by atoms with Gasteiger partial charge in [0, 0.05) is 17.8 Å². The quantitative estimate of drug-likeness (QED) is 0.295. The number of hydrogen-bond acceptors (Lipinski definition) is 10. The summed E-state index contributed by atoms with van der Waals surface area (Å²) in [6, 6.07) is 8.98. The molecular weight excluding hydrogens is 488 g/mol. The van der Waals surface area contributed by atoms with E-state index in [0.717, 1.165) is 11.3 Å². The van der Waals surface area contributed by atoms with E-state index in [0.29, 0.717) is 28.0 Å². The van der Waals surface area contributed by atoms with Crippen LogP contribution in [0.15, 0.2) is 36.4 Å². The van der Waals surface area contributed by atoms with Crippen LogP contribution in [0.25, 0.3) is 10.9 Å². The molecule has 1 unspecified atom stereocenters. The third-order valence-corrected chi connectivity index (χ3v) is 5.54. The predicted molar refractivity (Wildman–Crippen MR) is 136 cm³/mol. The molecule has 3 aromatic rings. The number of carbonyl (C=O) groups excluding carboxylic acids is 3. The number of hydrogen-bond donors (Lipinski definition) is 4. The second kappa shape index (κ2) is 12.0. The van der Waals surface area contributed by atoms with Crippen LogP contribution in [-0.2, 0) is 25.6 Å². The number of esters is 2. The maximum absolute atomic E-state index is 12.7. The molecule has 0 saturated heterocycles. The summed E-state index contributed by atoms with van der Waals surface area (Å²) < 4.78 is 9.83. The molecule has 1 heterocycles. The van der Waals surface area contributed by atoms with Gasteiger partial charge in [0.2, 0.25) is 5.95 Å². The SMILES string of the molecule is CCOC(=O)CC(NC(=O)c1ccc(NCc2ccc3nc(N)nc(N)c3c2Cl)cc1)C(=O)OCC. The highest BCUT2D eigenvalue weighted by Gasteiger charge is 2.26. The molecule has 0 radical (unpaired) electrons. The first-order chi connectivity index (χ1) is 17.2. The van der Waals surface area contributed by atoms with Gasteiger partial charge in [0.25, 0.3) is 5.91 Å². The summed E-state index contributed by atoms with van der Waals surface area (Å²) in [6.07, 6.45) is -0.327. The molecule has 12 heteroatoms. The molecule has 2 aromatic carbocycles. The van der Waals surface area contributed by atoms with E-state index in [1.54, 1.807) is 44.2 Å². The maximum atomic E-state index is 12.7. The second-order valence-electron chi connectivity index (χ2n) is 7.62. The molecule has 1 aromatic heterocycles. The Kier molecular flexibility index (Phi) is 8.85. The molecule has 0 bridgehead atoms. The highest BCUT2D eigenvalue weighted by Crippen LogP contribution is 2.30. The molecule has 1 amide bonds. The Morgan fingerprint density at radius 2 is 1.69 bits per heavy atom. The lowest BCUT2D eigenvalue weighted by Crippen LogP contribution is -2.43. The molecule has 36 heavy (non-hydrogen) atoms. The van der Waals surface area contributed by atoms with Gasteiger partial charge in [-0.15, -0.1) is 0 Å². The van der Waals surface area contributed by atoms with Gasteiger partial charge >= 0.3 is 11.9 Å². The Balaban J connectivity index is 1.66. The van der Waals surface area contributed by atoms with E-state index < -0.39 is 23.9 Å². The summed E-state index contributed by atoms with van der Waals surface area (Å²) in [5, 5.41) is 6.70. The van der Waals surface area contributed by atoms with Gasteiger partial charge in [-0.1, -0.05) is 17.7 Å². The smallest absolute Gasteiger partial charge is 0.329 e. The number of anilines is 3. The van der Waals surface area contributed by atoms with Crippen molar-refractivity contribution in [3.05, 3.63) is 52.5 Å². The monoisotopic (exact) mass is 514 g/mol. The van der Waals surface area contributed by atoms with Crippen LogP contribution < -0.4 is 22.1 Å². The van der Waals surface area contributed by atoms with Crippen molar-refractivity contribution < 1.29 is 23.9 Å². The predicted octanol–water partition coefficient (Wildman–Crippen LogP) is 2.67. The fourth-order valence-electron chi connectivity index (χ4n) is 3.41. The minimum absolute atomic E-state index is 0.0699. The number of fused-ring (bicyclic) bond motifs is 1. The van der Waals surface area contributed by atoms with Crippen LogP contribution in [0, 0.1) is 0 Å². The van der Waals surface area contributed by atoms with Crippen LogP contribution in [0.4, 0.5) is 17.5 Å². The van der Waals surface area contributed by atoms with Crippen molar-refractivity contribution in [2.45, 2.75) is 32.9 Å². The Morgan fingerprint density at radius 3 is 2.36 bits per heavy atom. The molecule has 11 nitrogen and oxygen atoms in total. The Morgan fingerprint density at radius 1 is 1.00 bits per heavy atom. The summed E-state index contributed by atoms with van der Waals surface area (Å²) in [5.74, 6) is -1.58. The molecule has 6 N–H and O–H groups in total. The lowest BCUT2D eigenvalue weighted by Gasteiger charge is -2.17. The van der Waals surface area contributed by atoms with Gasteiger partial charge in [0.05, 0.1) is 35.6 Å². The molecule has 0 aliphatic carbocycles. The topological polar surface area (TPSA) is 172 Å². The van der Waals surface area contributed by atoms with Crippen molar-refractivity contribution in [2.24, 2.45) is 0 Å². The molecule has 0 aliphatic heterocycles. The molecular formula is C24H27ClN6O5. The number of ether oxygens (including phenoxy) is 2. The van der Waals surface area contributed by atoms with Crippen LogP contribution in [0.5, 0.6) is 0 Å².